The van der Waals surface area contributed by atoms with E-state index in [1.54, 1.807) is 0 Å². The van der Waals surface area contributed by atoms with E-state index >= 15 is 0 Å². The first-order chi connectivity index (χ1) is 15.4. The predicted molar refractivity (Wildman–Crippen MR) is 122 cm³/mol. The number of ketones is 1. The van der Waals surface area contributed by atoms with Gasteiger partial charge in [-0.2, -0.15) is 0 Å². The van der Waals surface area contributed by atoms with Gasteiger partial charge in [0, 0.05) is 6.54 Å². The van der Waals surface area contributed by atoms with Gasteiger partial charge in [-0.3, -0.25) is 4.79 Å². The number of rotatable bonds is 11. The Morgan fingerprint density at radius 2 is 1.59 bits per heavy atom. The Morgan fingerprint density at radius 1 is 1.00 bits per heavy atom. The fraction of sp³-hybridized carbons (Fsp3) is 0.400. The third kappa shape index (κ3) is 8.15. The summed E-state index contributed by atoms with van der Waals surface area (Å²) in [6.45, 7) is 3.40. The van der Waals surface area contributed by atoms with E-state index in [0.717, 1.165) is 22.4 Å². The van der Waals surface area contributed by atoms with Crippen LogP contribution in [0.4, 0.5) is 9.59 Å². The van der Waals surface area contributed by atoms with Crippen molar-refractivity contribution in [3.8, 4) is 0 Å². The summed E-state index contributed by atoms with van der Waals surface area (Å²) in [5.41, 5.74) is 1.82. The molecule has 2 aromatic rings. The Bertz CT molecular complexity index is 857. The number of nitrogens with zero attached hydrogens (tertiary/aromatic N) is 1. The Hall–Kier alpha value is -3.19. The van der Waals surface area contributed by atoms with Crippen LogP contribution in [0.5, 0.6) is 0 Å². The first-order valence-electron chi connectivity index (χ1n) is 10.9. The zero-order valence-corrected chi connectivity index (χ0v) is 18.7. The van der Waals surface area contributed by atoms with Crippen LogP contribution < -0.4 is 5.32 Å². The maximum absolute atomic E-state index is 13.0. The lowest BCUT2D eigenvalue weighted by molar-refractivity contribution is -0.123. The number of Topliss-reactive ketones (excluding diaryl/α,β-unsaturated/α-hetero) is 1. The summed E-state index contributed by atoms with van der Waals surface area (Å²) in [6, 6.07) is 17.1. The first-order valence-corrected chi connectivity index (χ1v) is 10.9. The molecule has 0 spiro atoms. The molecule has 0 aliphatic carbocycles. The Labute approximate surface area is 189 Å². The second-order valence-corrected chi connectivity index (χ2v) is 7.81. The number of aliphatic hydroxyl groups excluding tert-OH is 1. The number of urea groups is 1. The lowest BCUT2D eigenvalue weighted by Crippen LogP contribution is -2.51. The lowest BCUT2D eigenvalue weighted by Gasteiger charge is -2.26. The number of hydrogen-bond acceptors (Lipinski definition) is 5. The van der Waals surface area contributed by atoms with E-state index in [2.05, 4.69) is 5.32 Å². The minimum Gasteiger partial charge on any atom is -0.444 e. The summed E-state index contributed by atoms with van der Waals surface area (Å²) < 4.78 is 5.35. The summed E-state index contributed by atoms with van der Waals surface area (Å²) in [5, 5.41) is 12.0. The van der Waals surface area contributed by atoms with E-state index in [1.165, 1.54) is 0 Å². The van der Waals surface area contributed by atoms with Crippen LogP contribution in [0, 0.1) is 5.92 Å². The fourth-order valence-corrected chi connectivity index (χ4v) is 3.08. The SMILES string of the molecule is CCC(C)CN(C(=O)N[C@@H](CCc1ccccc1)C(=O)CO)C(=O)OCc1ccccc1. The molecule has 7 nitrogen and oxygen atoms in total. The van der Waals surface area contributed by atoms with Crippen molar-refractivity contribution in [1.82, 2.24) is 10.2 Å². The number of hydrogen-bond donors (Lipinski definition) is 2. The normalized spacial score (nSPS) is 12.5. The van der Waals surface area contributed by atoms with Crippen molar-refractivity contribution in [1.29, 1.82) is 0 Å². The highest BCUT2D eigenvalue weighted by molar-refractivity contribution is 5.94. The molecule has 2 atom stereocenters. The predicted octanol–water partition coefficient (Wildman–Crippen LogP) is 3.94. The number of carbonyl (C=O) groups is 3. The van der Waals surface area contributed by atoms with Crippen molar-refractivity contribution in [3.63, 3.8) is 0 Å². The average molecular weight is 441 g/mol. The number of ether oxygens (including phenoxy) is 1. The Balaban J connectivity index is 2.06. The summed E-state index contributed by atoms with van der Waals surface area (Å²) in [5.74, 6) is -0.447. The smallest absolute Gasteiger partial charge is 0.418 e. The third-order valence-electron chi connectivity index (χ3n) is 5.27. The van der Waals surface area contributed by atoms with E-state index in [9.17, 15) is 19.5 Å². The largest absolute Gasteiger partial charge is 0.444 e. The monoisotopic (exact) mass is 440 g/mol. The number of aliphatic hydroxyl groups is 1. The van der Waals surface area contributed by atoms with Gasteiger partial charge in [0.2, 0.25) is 0 Å². The third-order valence-corrected chi connectivity index (χ3v) is 5.27. The first kappa shape index (κ1) is 25.1. The number of amides is 3. The molecule has 3 amide bonds. The number of carbonyl (C=O) groups excluding carboxylic acids is 3. The molecule has 7 heteroatoms. The molecule has 1 unspecified atom stereocenters. The van der Waals surface area contributed by atoms with Crippen molar-refractivity contribution >= 4 is 17.9 Å². The molecular formula is C25H32N2O5. The minimum atomic E-state index is -0.908. The van der Waals surface area contributed by atoms with Crippen LogP contribution >= 0.6 is 0 Å². The molecule has 0 bridgehead atoms. The molecule has 0 saturated carbocycles. The molecule has 0 radical (unpaired) electrons. The van der Waals surface area contributed by atoms with E-state index in [0.29, 0.717) is 12.8 Å². The highest BCUT2D eigenvalue weighted by Gasteiger charge is 2.28. The molecule has 0 saturated heterocycles. The molecule has 2 aromatic carbocycles. The Morgan fingerprint density at radius 3 is 2.16 bits per heavy atom. The number of imide groups is 1. The van der Waals surface area contributed by atoms with Gasteiger partial charge in [-0.15, -0.1) is 0 Å². The highest BCUT2D eigenvalue weighted by atomic mass is 16.6. The standard InChI is InChI=1S/C25H32N2O5/c1-3-19(2)16-27(25(31)32-18-21-12-8-5-9-13-21)24(30)26-22(23(29)17-28)15-14-20-10-6-4-7-11-20/h4-13,19,22,28H,3,14-18H2,1-2H3,(H,26,30)/t19?,22-/m0/s1. The number of nitrogens with one attached hydrogen (secondary N) is 1. The lowest BCUT2D eigenvalue weighted by atomic mass is 10.0. The van der Waals surface area contributed by atoms with Gasteiger partial charge in [0.25, 0.3) is 0 Å². The quantitative estimate of drug-likeness (QED) is 0.552. The van der Waals surface area contributed by atoms with Gasteiger partial charge < -0.3 is 15.2 Å². The van der Waals surface area contributed by atoms with Crippen LogP contribution in [0.1, 0.15) is 37.8 Å². The van der Waals surface area contributed by atoms with Crippen LogP contribution in [0.25, 0.3) is 0 Å². The molecule has 172 valence electrons. The molecule has 0 heterocycles. The fourth-order valence-electron chi connectivity index (χ4n) is 3.08. The molecule has 0 fully saturated rings. The summed E-state index contributed by atoms with van der Waals surface area (Å²) in [6.07, 6.45) is 0.847. The van der Waals surface area contributed by atoms with Gasteiger partial charge in [-0.1, -0.05) is 80.9 Å². The zero-order chi connectivity index (χ0) is 23.3. The molecule has 0 aliphatic rings. The average Bonchev–Trinajstić information content (AvgIpc) is 2.83. The second kappa shape index (κ2) is 13.3. The van der Waals surface area contributed by atoms with Crippen molar-refractivity contribution in [2.24, 2.45) is 5.92 Å². The second-order valence-electron chi connectivity index (χ2n) is 7.81. The molecule has 0 aromatic heterocycles. The van der Waals surface area contributed by atoms with Gasteiger partial charge in [-0.05, 0) is 29.9 Å². The van der Waals surface area contributed by atoms with Crippen molar-refractivity contribution < 1.29 is 24.2 Å². The highest BCUT2D eigenvalue weighted by Crippen LogP contribution is 2.11. The van der Waals surface area contributed by atoms with Crippen LogP contribution in [-0.4, -0.2) is 47.1 Å². The number of benzene rings is 2. The molecule has 0 aliphatic heterocycles. The summed E-state index contributed by atoms with van der Waals surface area (Å²) in [7, 11) is 0. The molecule has 32 heavy (non-hydrogen) atoms. The van der Waals surface area contributed by atoms with Crippen molar-refractivity contribution in [2.75, 3.05) is 13.2 Å². The van der Waals surface area contributed by atoms with Crippen LogP contribution in [-0.2, 0) is 22.6 Å². The Kier molecular flexibility index (Phi) is 10.4. The molecule has 2 N–H and O–H groups in total. The van der Waals surface area contributed by atoms with E-state index in [4.69, 9.17) is 4.74 Å². The van der Waals surface area contributed by atoms with E-state index in [-0.39, 0.29) is 19.1 Å². The molecular weight excluding hydrogens is 408 g/mol. The molecule has 2 rings (SSSR count). The number of aryl methyl sites for hydroxylation is 1. The summed E-state index contributed by atoms with van der Waals surface area (Å²) in [4.78, 5) is 38.9. The van der Waals surface area contributed by atoms with E-state index in [1.807, 2.05) is 74.5 Å². The van der Waals surface area contributed by atoms with Gasteiger partial charge in [0.1, 0.15) is 13.2 Å². The zero-order valence-electron chi connectivity index (χ0n) is 18.7. The van der Waals surface area contributed by atoms with Crippen LogP contribution in [0.15, 0.2) is 60.7 Å². The van der Waals surface area contributed by atoms with Crippen LogP contribution in [0.3, 0.4) is 0 Å². The van der Waals surface area contributed by atoms with Crippen molar-refractivity contribution in [3.05, 3.63) is 71.8 Å². The van der Waals surface area contributed by atoms with Gasteiger partial charge in [-0.25, -0.2) is 14.5 Å². The van der Waals surface area contributed by atoms with Gasteiger partial charge >= 0.3 is 12.1 Å². The minimum absolute atomic E-state index is 0.0387. The maximum atomic E-state index is 13.0. The van der Waals surface area contributed by atoms with Gasteiger partial charge in [0.15, 0.2) is 5.78 Å². The van der Waals surface area contributed by atoms with E-state index < -0.39 is 30.6 Å². The maximum Gasteiger partial charge on any atom is 0.418 e. The van der Waals surface area contributed by atoms with Crippen molar-refractivity contribution in [2.45, 2.75) is 45.8 Å². The summed E-state index contributed by atoms with van der Waals surface area (Å²) >= 11 is 0. The van der Waals surface area contributed by atoms with Gasteiger partial charge in [0.05, 0.1) is 6.04 Å². The topological polar surface area (TPSA) is 95.9 Å². The van der Waals surface area contributed by atoms with Crippen LogP contribution in [0.2, 0.25) is 0 Å².